The van der Waals surface area contributed by atoms with Crippen molar-refractivity contribution < 1.29 is 19.7 Å². The second kappa shape index (κ2) is 6.08. The van der Waals surface area contributed by atoms with Gasteiger partial charge in [-0.25, -0.2) is 0 Å². The molecule has 26 heavy (non-hydrogen) atoms. The van der Waals surface area contributed by atoms with Gasteiger partial charge >= 0.3 is 0 Å². The van der Waals surface area contributed by atoms with E-state index in [1.165, 1.54) is 12.1 Å². The third-order valence-electron chi connectivity index (χ3n) is 4.55. The predicted octanol–water partition coefficient (Wildman–Crippen LogP) is 4.24. The average molecular weight is 344 g/mol. The number of phenolic OH excluding ortho intramolecular Hbond substituents is 2. The van der Waals surface area contributed by atoms with Crippen molar-refractivity contribution in [3.63, 3.8) is 0 Å². The normalized spacial score (nSPS) is 12.3. The van der Waals surface area contributed by atoms with Crippen LogP contribution in [0.2, 0.25) is 0 Å². The predicted molar refractivity (Wildman–Crippen MR) is 99.6 cm³/mol. The molecule has 0 radical (unpaired) electrons. The van der Waals surface area contributed by atoms with E-state index in [0.29, 0.717) is 11.1 Å². The number of benzene rings is 3. The third kappa shape index (κ3) is 2.43. The van der Waals surface area contributed by atoms with Gasteiger partial charge in [0.2, 0.25) is 5.78 Å². The fraction of sp³-hybridized carbons (Fsp3) is 0.0455. The average Bonchev–Trinajstić information content (AvgIpc) is 2.65. The highest BCUT2D eigenvalue weighted by Crippen LogP contribution is 2.43. The van der Waals surface area contributed by atoms with Crippen LogP contribution < -0.4 is 4.74 Å². The van der Waals surface area contributed by atoms with Crippen molar-refractivity contribution in [2.75, 3.05) is 7.11 Å². The summed E-state index contributed by atoms with van der Waals surface area (Å²) in [7, 11) is 1.61. The topological polar surface area (TPSA) is 66.8 Å². The van der Waals surface area contributed by atoms with Gasteiger partial charge in [0.1, 0.15) is 17.2 Å². The molecule has 0 amide bonds. The number of methoxy groups -OCH3 is 1. The van der Waals surface area contributed by atoms with E-state index in [1.54, 1.807) is 31.4 Å². The molecule has 0 fully saturated rings. The molecular formula is C22H16O4. The van der Waals surface area contributed by atoms with Crippen molar-refractivity contribution in [3.05, 3.63) is 88.5 Å². The van der Waals surface area contributed by atoms with E-state index in [4.69, 9.17) is 4.74 Å². The first kappa shape index (κ1) is 16.0. The zero-order valence-corrected chi connectivity index (χ0v) is 14.1. The van der Waals surface area contributed by atoms with Gasteiger partial charge in [0, 0.05) is 0 Å². The molecule has 4 rings (SSSR count). The summed E-state index contributed by atoms with van der Waals surface area (Å²) >= 11 is 0. The first-order chi connectivity index (χ1) is 12.6. The summed E-state index contributed by atoms with van der Waals surface area (Å²) in [4.78, 5) is 12.9. The van der Waals surface area contributed by atoms with Gasteiger partial charge in [-0.15, -0.1) is 0 Å². The van der Waals surface area contributed by atoms with Gasteiger partial charge in [0.15, 0.2) is 0 Å². The zero-order valence-electron chi connectivity index (χ0n) is 14.1. The molecule has 0 bridgehead atoms. The molecule has 2 N–H and O–H groups in total. The standard InChI is InChI=1S/C22H16O4/c1-26-14-10-8-13(9-11-14)12-17-15-4-2-6-18(23)20(15)22(25)21-16(17)5-3-7-19(21)24/h2-12,23-24H,1H3. The van der Waals surface area contributed by atoms with Gasteiger partial charge in [0.25, 0.3) is 0 Å². The second-order valence-electron chi connectivity index (χ2n) is 6.06. The maximum atomic E-state index is 12.9. The van der Waals surface area contributed by atoms with E-state index in [0.717, 1.165) is 16.9 Å². The minimum Gasteiger partial charge on any atom is -0.507 e. The SMILES string of the molecule is COc1ccc(C=C2c3cccc(O)c3C(=O)c3c(O)cccc32)cc1. The number of rotatable bonds is 2. The monoisotopic (exact) mass is 344 g/mol. The lowest BCUT2D eigenvalue weighted by Crippen LogP contribution is -2.14. The Balaban J connectivity index is 1.99. The summed E-state index contributed by atoms with van der Waals surface area (Å²) in [5, 5.41) is 20.5. The molecule has 1 aliphatic carbocycles. The molecule has 4 heteroatoms. The fourth-order valence-electron chi connectivity index (χ4n) is 3.30. The van der Waals surface area contributed by atoms with Crippen LogP contribution in [0.3, 0.4) is 0 Å². The van der Waals surface area contributed by atoms with Crippen LogP contribution in [0.1, 0.15) is 32.6 Å². The fourth-order valence-corrected chi connectivity index (χ4v) is 3.30. The Labute approximate surface area is 150 Å². The number of hydrogen-bond acceptors (Lipinski definition) is 4. The summed E-state index contributed by atoms with van der Waals surface area (Å²) in [6.07, 6.45) is 1.93. The Morgan fingerprint density at radius 1 is 0.808 bits per heavy atom. The lowest BCUT2D eigenvalue weighted by atomic mass is 9.80. The molecule has 0 saturated carbocycles. The first-order valence-corrected chi connectivity index (χ1v) is 8.15. The van der Waals surface area contributed by atoms with Gasteiger partial charge in [-0.3, -0.25) is 4.79 Å². The van der Waals surface area contributed by atoms with Gasteiger partial charge in [-0.05, 0) is 52.6 Å². The number of ether oxygens (including phenoxy) is 1. The van der Waals surface area contributed by atoms with Gasteiger partial charge in [0.05, 0.1) is 18.2 Å². The van der Waals surface area contributed by atoms with Crippen LogP contribution in [-0.4, -0.2) is 23.1 Å². The van der Waals surface area contributed by atoms with Crippen molar-refractivity contribution in [1.29, 1.82) is 0 Å². The summed E-state index contributed by atoms with van der Waals surface area (Å²) in [6.45, 7) is 0. The lowest BCUT2D eigenvalue weighted by Gasteiger charge is -2.23. The highest BCUT2D eigenvalue weighted by molar-refractivity contribution is 6.22. The zero-order chi connectivity index (χ0) is 18.3. The van der Waals surface area contributed by atoms with Crippen LogP contribution in [0, 0.1) is 0 Å². The van der Waals surface area contributed by atoms with Crippen LogP contribution >= 0.6 is 0 Å². The smallest absolute Gasteiger partial charge is 0.201 e. The molecule has 0 spiro atoms. The van der Waals surface area contributed by atoms with E-state index in [1.807, 2.05) is 30.3 Å². The van der Waals surface area contributed by atoms with Crippen LogP contribution in [0.5, 0.6) is 17.2 Å². The number of ketones is 1. The number of carbonyl (C=O) groups excluding carboxylic acids is 1. The van der Waals surface area contributed by atoms with Crippen molar-refractivity contribution in [3.8, 4) is 17.2 Å². The molecule has 3 aromatic rings. The van der Waals surface area contributed by atoms with Crippen molar-refractivity contribution in [1.82, 2.24) is 0 Å². The quantitative estimate of drug-likeness (QED) is 0.571. The Morgan fingerprint density at radius 3 is 1.85 bits per heavy atom. The number of fused-ring (bicyclic) bond motifs is 2. The van der Waals surface area contributed by atoms with Gasteiger partial charge in [-0.1, -0.05) is 36.4 Å². The molecular weight excluding hydrogens is 328 g/mol. The molecule has 0 atom stereocenters. The Morgan fingerprint density at radius 2 is 1.35 bits per heavy atom. The number of carbonyl (C=O) groups is 1. The Hall–Kier alpha value is -3.53. The maximum Gasteiger partial charge on any atom is 0.201 e. The highest BCUT2D eigenvalue weighted by atomic mass is 16.5. The van der Waals surface area contributed by atoms with Crippen molar-refractivity contribution >= 4 is 17.4 Å². The first-order valence-electron chi connectivity index (χ1n) is 8.15. The number of aromatic hydroxyl groups is 2. The molecule has 3 aromatic carbocycles. The highest BCUT2D eigenvalue weighted by Gasteiger charge is 2.31. The van der Waals surface area contributed by atoms with Gasteiger partial charge < -0.3 is 14.9 Å². The van der Waals surface area contributed by atoms with Crippen LogP contribution in [0.25, 0.3) is 11.6 Å². The molecule has 4 nitrogen and oxygen atoms in total. The van der Waals surface area contributed by atoms with E-state index in [9.17, 15) is 15.0 Å². The number of phenols is 2. The summed E-state index contributed by atoms with van der Waals surface area (Å²) in [5.74, 6) is 0.184. The summed E-state index contributed by atoms with van der Waals surface area (Å²) < 4.78 is 5.19. The molecule has 0 aliphatic heterocycles. The largest absolute Gasteiger partial charge is 0.507 e. The second-order valence-corrected chi connectivity index (χ2v) is 6.06. The minimum atomic E-state index is -0.377. The van der Waals surface area contributed by atoms with Crippen LogP contribution in [-0.2, 0) is 0 Å². The minimum absolute atomic E-state index is 0.0953. The van der Waals surface area contributed by atoms with Gasteiger partial charge in [-0.2, -0.15) is 0 Å². The maximum absolute atomic E-state index is 12.9. The molecule has 128 valence electrons. The molecule has 0 saturated heterocycles. The van der Waals surface area contributed by atoms with Crippen molar-refractivity contribution in [2.45, 2.75) is 0 Å². The van der Waals surface area contributed by atoms with Crippen LogP contribution in [0.4, 0.5) is 0 Å². The molecule has 0 unspecified atom stereocenters. The van der Waals surface area contributed by atoms with E-state index >= 15 is 0 Å². The van der Waals surface area contributed by atoms with Crippen molar-refractivity contribution in [2.24, 2.45) is 0 Å². The lowest BCUT2D eigenvalue weighted by molar-refractivity contribution is 0.103. The Bertz CT molecular complexity index is 989. The number of hydrogen-bond donors (Lipinski definition) is 2. The molecule has 1 aliphatic rings. The van der Waals surface area contributed by atoms with E-state index in [-0.39, 0.29) is 28.4 Å². The van der Waals surface area contributed by atoms with Crippen LogP contribution in [0.15, 0.2) is 60.7 Å². The van der Waals surface area contributed by atoms with E-state index in [2.05, 4.69) is 0 Å². The molecule has 0 aromatic heterocycles. The third-order valence-corrected chi connectivity index (χ3v) is 4.55. The summed E-state index contributed by atoms with van der Waals surface area (Å²) in [5.41, 5.74) is 3.39. The molecule has 0 heterocycles. The Kier molecular flexibility index (Phi) is 3.73. The van der Waals surface area contributed by atoms with E-state index < -0.39 is 0 Å². The summed E-state index contributed by atoms with van der Waals surface area (Å²) in [6, 6.07) is 17.5.